The summed E-state index contributed by atoms with van der Waals surface area (Å²) in [5.41, 5.74) is 2.01. The highest BCUT2D eigenvalue weighted by Crippen LogP contribution is 2.13. The largest absolute Gasteiger partial charge is 0.342 e. The third-order valence-corrected chi connectivity index (χ3v) is 5.47. The van der Waals surface area contributed by atoms with E-state index < -0.39 is 0 Å². The van der Waals surface area contributed by atoms with Crippen LogP contribution in [0.3, 0.4) is 0 Å². The van der Waals surface area contributed by atoms with Gasteiger partial charge < -0.3 is 10.2 Å². The number of carbonyl (C=O) groups is 2. The van der Waals surface area contributed by atoms with Crippen LogP contribution < -0.4 is 5.32 Å². The lowest BCUT2D eigenvalue weighted by molar-refractivity contribution is -0.132. The fourth-order valence-corrected chi connectivity index (χ4v) is 3.62. The van der Waals surface area contributed by atoms with Crippen LogP contribution in [0.1, 0.15) is 25.3 Å². The smallest absolute Gasteiger partial charge is 0.241 e. The third-order valence-electron chi connectivity index (χ3n) is 5.47. The minimum atomic E-state index is -0.173. The van der Waals surface area contributed by atoms with Crippen molar-refractivity contribution in [3.63, 3.8) is 0 Å². The molecule has 6 heteroatoms. The zero-order valence-corrected chi connectivity index (χ0v) is 15.9. The molecule has 2 aliphatic heterocycles. The van der Waals surface area contributed by atoms with Crippen molar-refractivity contribution >= 4 is 17.5 Å². The van der Waals surface area contributed by atoms with Gasteiger partial charge in [0.25, 0.3) is 0 Å². The molecule has 0 aliphatic carbocycles. The lowest BCUT2D eigenvalue weighted by Crippen LogP contribution is -2.54. The number of benzene rings is 1. The predicted octanol–water partition coefficient (Wildman–Crippen LogP) is 1.56. The summed E-state index contributed by atoms with van der Waals surface area (Å²) >= 11 is 0. The lowest BCUT2D eigenvalue weighted by atomic mass is 10.2. The molecule has 1 aromatic carbocycles. The Kier molecular flexibility index (Phi) is 6.27. The Labute approximate surface area is 156 Å². The zero-order chi connectivity index (χ0) is 18.5. The van der Waals surface area contributed by atoms with Gasteiger partial charge in [-0.05, 0) is 38.8 Å². The van der Waals surface area contributed by atoms with Gasteiger partial charge in [0, 0.05) is 45.0 Å². The second-order valence-electron chi connectivity index (χ2n) is 7.43. The van der Waals surface area contributed by atoms with Crippen molar-refractivity contribution in [1.29, 1.82) is 0 Å². The first-order chi connectivity index (χ1) is 12.5. The molecular formula is C20H30N4O2. The van der Waals surface area contributed by atoms with Crippen LogP contribution in [0.5, 0.6) is 0 Å². The van der Waals surface area contributed by atoms with Gasteiger partial charge in [0.2, 0.25) is 11.8 Å². The van der Waals surface area contributed by atoms with E-state index in [1.54, 1.807) is 0 Å². The Morgan fingerprint density at radius 1 is 1.00 bits per heavy atom. The maximum absolute atomic E-state index is 12.5. The topological polar surface area (TPSA) is 55.9 Å². The fraction of sp³-hybridized carbons (Fsp3) is 0.600. The second kappa shape index (κ2) is 8.64. The second-order valence-corrected chi connectivity index (χ2v) is 7.43. The number of rotatable bonds is 5. The maximum Gasteiger partial charge on any atom is 0.241 e. The number of nitrogens with one attached hydrogen (secondary N) is 1. The van der Waals surface area contributed by atoms with E-state index in [9.17, 15) is 9.59 Å². The van der Waals surface area contributed by atoms with Crippen LogP contribution in [0.15, 0.2) is 24.3 Å². The maximum atomic E-state index is 12.5. The molecule has 2 aliphatic rings. The van der Waals surface area contributed by atoms with Crippen molar-refractivity contribution < 1.29 is 9.59 Å². The molecule has 2 saturated heterocycles. The van der Waals surface area contributed by atoms with Gasteiger partial charge in [-0.3, -0.25) is 19.4 Å². The predicted molar refractivity (Wildman–Crippen MR) is 103 cm³/mol. The number of piperazine rings is 1. The summed E-state index contributed by atoms with van der Waals surface area (Å²) < 4.78 is 0. The number of nitrogens with zero attached hydrogens (tertiary/aromatic N) is 3. The van der Waals surface area contributed by atoms with Crippen molar-refractivity contribution in [2.45, 2.75) is 32.7 Å². The van der Waals surface area contributed by atoms with Gasteiger partial charge in [-0.15, -0.1) is 0 Å². The molecule has 26 heavy (non-hydrogen) atoms. The van der Waals surface area contributed by atoms with Crippen molar-refractivity contribution in [3.8, 4) is 0 Å². The number of aryl methyl sites for hydroxylation is 1. The van der Waals surface area contributed by atoms with E-state index in [-0.39, 0.29) is 17.9 Å². The van der Waals surface area contributed by atoms with Crippen LogP contribution in [0.2, 0.25) is 0 Å². The summed E-state index contributed by atoms with van der Waals surface area (Å²) in [5.74, 6) is 0.275. The normalized spacial score (nSPS) is 20.2. The molecule has 6 nitrogen and oxygen atoms in total. The van der Waals surface area contributed by atoms with Gasteiger partial charge in [-0.1, -0.05) is 17.7 Å². The van der Waals surface area contributed by atoms with E-state index in [4.69, 9.17) is 0 Å². The molecule has 1 atom stereocenters. The highest BCUT2D eigenvalue weighted by molar-refractivity contribution is 5.94. The van der Waals surface area contributed by atoms with Crippen LogP contribution in [0, 0.1) is 6.92 Å². The van der Waals surface area contributed by atoms with Crippen LogP contribution in [-0.4, -0.2) is 78.4 Å². The van der Waals surface area contributed by atoms with Crippen LogP contribution in [0.4, 0.5) is 5.69 Å². The molecule has 0 saturated carbocycles. The molecule has 0 bridgehead atoms. The van der Waals surface area contributed by atoms with Crippen LogP contribution in [0.25, 0.3) is 0 Å². The minimum Gasteiger partial charge on any atom is -0.342 e. The SMILES string of the molecule is Cc1ccc(NC(=O)[C@H](C)N2CCN(CC(=O)N3CCCC3)CC2)cc1. The molecule has 2 fully saturated rings. The standard InChI is InChI=1S/C20H30N4O2/c1-16-5-7-18(8-6-16)21-20(26)17(2)23-13-11-22(12-14-23)15-19(25)24-9-3-4-10-24/h5-8,17H,3-4,9-15H2,1-2H3,(H,21,26)/t17-/m0/s1. The minimum absolute atomic E-state index is 0.0236. The lowest BCUT2D eigenvalue weighted by Gasteiger charge is -2.37. The Hall–Kier alpha value is -1.92. The number of likely N-dealkylation sites (tertiary alicyclic amines) is 1. The molecule has 0 aromatic heterocycles. The number of amides is 2. The molecule has 142 valence electrons. The number of hydrogen-bond acceptors (Lipinski definition) is 4. The van der Waals surface area contributed by atoms with Crippen LogP contribution >= 0.6 is 0 Å². The Bertz CT molecular complexity index is 617. The zero-order valence-electron chi connectivity index (χ0n) is 15.9. The van der Waals surface area contributed by atoms with Crippen molar-refractivity contribution in [1.82, 2.24) is 14.7 Å². The van der Waals surface area contributed by atoms with E-state index in [1.165, 1.54) is 5.56 Å². The molecular weight excluding hydrogens is 328 g/mol. The van der Waals surface area contributed by atoms with Gasteiger partial charge in [0.05, 0.1) is 12.6 Å². The summed E-state index contributed by atoms with van der Waals surface area (Å²) in [7, 11) is 0. The van der Waals surface area contributed by atoms with Gasteiger partial charge in [-0.25, -0.2) is 0 Å². The molecule has 2 amide bonds. The van der Waals surface area contributed by atoms with Crippen LogP contribution in [-0.2, 0) is 9.59 Å². The summed E-state index contributed by atoms with van der Waals surface area (Å²) in [6.45, 7) is 9.62. The first-order valence-corrected chi connectivity index (χ1v) is 9.64. The van der Waals surface area contributed by atoms with Crippen molar-refractivity contribution in [2.24, 2.45) is 0 Å². The molecule has 2 heterocycles. The Morgan fingerprint density at radius 3 is 2.23 bits per heavy atom. The number of hydrogen-bond donors (Lipinski definition) is 1. The number of anilines is 1. The molecule has 3 rings (SSSR count). The molecule has 0 radical (unpaired) electrons. The van der Waals surface area contributed by atoms with E-state index in [0.717, 1.165) is 57.8 Å². The van der Waals surface area contributed by atoms with Gasteiger partial charge in [0.15, 0.2) is 0 Å². The summed E-state index contributed by atoms with van der Waals surface area (Å²) in [6, 6.07) is 7.68. The fourth-order valence-electron chi connectivity index (χ4n) is 3.62. The molecule has 0 unspecified atom stereocenters. The quantitative estimate of drug-likeness (QED) is 0.868. The van der Waals surface area contributed by atoms with E-state index in [0.29, 0.717) is 6.54 Å². The average molecular weight is 358 g/mol. The van der Waals surface area contributed by atoms with E-state index >= 15 is 0 Å². The molecule has 0 spiro atoms. The van der Waals surface area contributed by atoms with Crippen molar-refractivity contribution in [2.75, 3.05) is 51.1 Å². The average Bonchev–Trinajstić information content (AvgIpc) is 3.18. The third kappa shape index (κ3) is 4.83. The Balaban J connectivity index is 1.43. The first kappa shape index (κ1) is 18.9. The van der Waals surface area contributed by atoms with Gasteiger partial charge in [0.1, 0.15) is 0 Å². The first-order valence-electron chi connectivity index (χ1n) is 9.64. The summed E-state index contributed by atoms with van der Waals surface area (Å²) in [4.78, 5) is 31.2. The summed E-state index contributed by atoms with van der Waals surface area (Å²) in [6.07, 6.45) is 2.26. The van der Waals surface area contributed by atoms with E-state index in [1.807, 2.05) is 43.0 Å². The highest BCUT2D eigenvalue weighted by atomic mass is 16.2. The summed E-state index contributed by atoms with van der Waals surface area (Å²) in [5, 5.41) is 2.99. The molecule has 1 N–H and O–H groups in total. The Morgan fingerprint density at radius 2 is 1.62 bits per heavy atom. The monoisotopic (exact) mass is 358 g/mol. The number of carbonyl (C=O) groups excluding carboxylic acids is 2. The van der Waals surface area contributed by atoms with Gasteiger partial charge >= 0.3 is 0 Å². The molecule has 1 aromatic rings. The van der Waals surface area contributed by atoms with Gasteiger partial charge in [-0.2, -0.15) is 0 Å². The van der Waals surface area contributed by atoms with E-state index in [2.05, 4.69) is 15.1 Å². The van der Waals surface area contributed by atoms with Crippen molar-refractivity contribution in [3.05, 3.63) is 29.8 Å². The highest BCUT2D eigenvalue weighted by Gasteiger charge is 2.27.